The summed E-state index contributed by atoms with van der Waals surface area (Å²) < 4.78 is 52.0. The summed E-state index contributed by atoms with van der Waals surface area (Å²) in [5, 5.41) is 5.54. The summed E-state index contributed by atoms with van der Waals surface area (Å²) in [5.41, 5.74) is -0.694. The summed E-state index contributed by atoms with van der Waals surface area (Å²) in [7, 11) is 1.47. The number of methoxy groups -OCH3 is 1. The minimum Gasteiger partial charge on any atom is -0.496 e. The second-order valence-corrected chi connectivity index (χ2v) is 10.9. The minimum atomic E-state index is -4.63. The molecule has 3 aromatic rings. The molecule has 38 heavy (non-hydrogen) atoms. The van der Waals surface area contributed by atoms with Crippen LogP contribution in [-0.4, -0.2) is 56.8 Å². The molecular formula is C27H29F3N4O4. The van der Waals surface area contributed by atoms with E-state index in [9.17, 15) is 22.8 Å². The molecule has 3 atom stereocenters. The fraction of sp³-hybridized carbons (Fsp3) is 0.481. The average Bonchev–Trinajstić information content (AvgIpc) is 3.55. The van der Waals surface area contributed by atoms with E-state index in [1.165, 1.54) is 19.2 Å². The maximum absolute atomic E-state index is 13.0. The van der Waals surface area contributed by atoms with Gasteiger partial charge in [0.2, 0.25) is 0 Å². The topological polar surface area (TPSA) is 86.5 Å². The molecule has 1 aliphatic carbocycles. The molecule has 0 unspecified atom stereocenters. The fourth-order valence-corrected chi connectivity index (χ4v) is 5.42. The SMILES string of the molecule is COc1cc2nn([C@@H]3C[C@@H]4C[C@H]3CN4C(=O)OC(C)(C)C)cc2cc1CC(=O)c1cccc(C(F)(F)F)n1. The van der Waals surface area contributed by atoms with Gasteiger partial charge in [-0.3, -0.25) is 9.48 Å². The van der Waals surface area contributed by atoms with Crippen LogP contribution in [0, 0.1) is 5.92 Å². The Morgan fingerprint density at radius 1 is 1.13 bits per heavy atom. The van der Waals surface area contributed by atoms with E-state index in [2.05, 4.69) is 4.98 Å². The maximum atomic E-state index is 13.0. The predicted molar refractivity (Wildman–Crippen MR) is 132 cm³/mol. The van der Waals surface area contributed by atoms with Crippen molar-refractivity contribution in [2.45, 2.75) is 63.9 Å². The van der Waals surface area contributed by atoms with Crippen molar-refractivity contribution in [1.29, 1.82) is 0 Å². The number of aromatic nitrogens is 3. The average molecular weight is 531 g/mol. The maximum Gasteiger partial charge on any atom is 0.433 e. The smallest absolute Gasteiger partial charge is 0.433 e. The van der Waals surface area contributed by atoms with Crippen LogP contribution in [0.25, 0.3) is 10.9 Å². The molecule has 1 amide bonds. The number of hydrogen-bond donors (Lipinski definition) is 0. The van der Waals surface area contributed by atoms with Crippen LogP contribution < -0.4 is 4.74 Å². The van der Waals surface area contributed by atoms with Crippen LogP contribution >= 0.6 is 0 Å². The van der Waals surface area contributed by atoms with Crippen molar-refractivity contribution in [3.8, 4) is 5.75 Å². The number of ketones is 1. The van der Waals surface area contributed by atoms with E-state index in [1.54, 1.807) is 12.1 Å². The van der Waals surface area contributed by atoms with Crippen molar-refractivity contribution < 1.29 is 32.2 Å². The highest BCUT2D eigenvalue weighted by Crippen LogP contribution is 2.45. The Morgan fingerprint density at radius 2 is 1.89 bits per heavy atom. The molecule has 8 nitrogen and oxygen atoms in total. The van der Waals surface area contributed by atoms with Crippen molar-refractivity contribution in [1.82, 2.24) is 19.7 Å². The number of benzene rings is 1. The molecule has 202 valence electrons. The number of carbonyl (C=O) groups excluding carboxylic acids is 2. The minimum absolute atomic E-state index is 0.0924. The molecule has 0 spiro atoms. The first kappa shape index (κ1) is 26.0. The number of hydrogen-bond acceptors (Lipinski definition) is 6. The number of likely N-dealkylation sites (tertiary alicyclic amines) is 1. The van der Waals surface area contributed by atoms with Crippen LogP contribution in [0.1, 0.15) is 61.4 Å². The van der Waals surface area contributed by atoms with Gasteiger partial charge in [-0.25, -0.2) is 9.78 Å². The zero-order valence-corrected chi connectivity index (χ0v) is 21.6. The predicted octanol–water partition coefficient (Wildman–Crippen LogP) is 5.45. The highest BCUT2D eigenvalue weighted by atomic mass is 19.4. The lowest BCUT2D eigenvalue weighted by atomic mass is 10.0. The van der Waals surface area contributed by atoms with E-state index in [0.29, 0.717) is 23.4 Å². The van der Waals surface area contributed by atoms with Gasteiger partial charge in [0.15, 0.2) is 5.78 Å². The van der Waals surface area contributed by atoms with Crippen molar-refractivity contribution in [3.05, 3.63) is 53.5 Å². The van der Waals surface area contributed by atoms with Crippen molar-refractivity contribution >= 4 is 22.8 Å². The number of piperidine rings is 1. The number of ether oxygens (including phenoxy) is 2. The lowest BCUT2D eigenvalue weighted by Gasteiger charge is -2.33. The van der Waals surface area contributed by atoms with Gasteiger partial charge in [0.1, 0.15) is 22.7 Å². The highest BCUT2D eigenvalue weighted by molar-refractivity contribution is 5.97. The zero-order chi connectivity index (χ0) is 27.4. The molecule has 2 aromatic heterocycles. The molecule has 0 N–H and O–H groups in total. The second-order valence-electron chi connectivity index (χ2n) is 10.9. The lowest BCUT2D eigenvalue weighted by Crippen LogP contribution is -2.43. The van der Waals surface area contributed by atoms with Gasteiger partial charge in [-0.1, -0.05) is 6.07 Å². The number of fused-ring (bicyclic) bond motifs is 3. The van der Waals surface area contributed by atoms with Crippen LogP contribution in [0.3, 0.4) is 0 Å². The van der Waals surface area contributed by atoms with Crippen molar-refractivity contribution in [2.24, 2.45) is 5.92 Å². The molecule has 5 rings (SSSR count). The largest absolute Gasteiger partial charge is 0.496 e. The standard InChI is InChI=1S/C27H29F3N4O4/c1-26(2,3)38-25(36)33-13-17-9-18(33)11-21(17)34-14-16-8-15(23(37-4)12-20(16)32-34)10-22(35)19-6-5-7-24(31-19)27(28,29)30/h5-8,12,14,17-18,21H,9-11,13H2,1-4H3/t17-,18-,21+/m0/s1. The third kappa shape index (κ3) is 5.06. The Bertz CT molecular complexity index is 1400. The van der Waals surface area contributed by atoms with Gasteiger partial charge < -0.3 is 14.4 Å². The number of pyridine rings is 1. The van der Waals surface area contributed by atoms with Gasteiger partial charge in [0.05, 0.1) is 18.7 Å². The van der Waals surface area contributed by atoms with Crippen molar-refractivity contribution in [3.63, 3.8) is 0 Å². The van der Waals surface area contributed by atoms with Crippen LogP contribution in [0.2, 0.25) is 0 Å². The first-order valence-electron chi connectivity index (χ1n) is 12.5. The van der Waals surface area contributed by atoms with Crippen LogP contribution in [0.15, 0.2) is 36.5 Å². The van der Waals surface area contributed by atoms with Crippen LogP contribution in [-0.2, 0) is 17.3 Å². The number of Topliss-reactive ketones (excluding diaryl/α,β-unsaturated/α-hetero) is 1. The van der Waals surface area contributed by atoms with Gasteiger partial charge in [-0.2, -0.15) is 18.3 Å². The monoisotopic (exact) mass is 530 g/mol. The number of amides is 1. The van der Waals surface area contributed by atoms with E-state index in [0.717, 1.165) is 24.3 Å². The second kappa shape index (κ2) is 9.28. The van der Waals surface area contributed by atoms with E-state index in [1.807, 2.05) is 36.5 Å². The molecule has 3 heterocycles. The fourth-order valence-electron chi connectivity index (χ4n) is 5.42. The van der Waals surface area contributed by atoms with Crippen LogP contribution in [0.4, 0.5) is 18.0 Å². The normalized spacial score (nSPS) is 21.2. The van der Waals surface area contributed by atoms with Crippen molar-refractivity contribution in [2.75, 3.05) is 13.7 Å². The summed E-state index contributed by atoms with van der Waals surface area (Å²) in [4.78, 5) is 30.7. The first-order valence-corrected chi connectivity index (χ1v) is 12.5. The number of halogens is 3. The highest BCUT2D eigenvalue weighted by Gasteiger charge is 2.48. The zero-order valence-electron chi connectivity index (χ0n) is 21.6. The molecule has 1 saturated carbocycles. The number of rotatable bonds is 5. The van der Waals surface area contributed by atoms with Gasteiger partial charge >= 0.3 is 12.3 Å². The summed E-state index contributed by atoms with van der Waals surface area (Å²) in [6.07, 6.45) is -1.53. The number of nitrogens with zero attached hydrogens (tertiary/aromatic N) is 4. The Morgan fingerprint density at radius 3 is 2.53 bits per heavy atom. The lowest BCUT2D eigenvalue weighted by molar-refractivity contribution is -0.141. The van der Waals surface area contributed by atoms with Crippen LogP contribution in [0.5, 0.6) is 5.75 Å². The molecule has 2 fully saturated rings. The van der Waals surface area contributed by atoms with E-state index < -0.39 is 23.3 Å². The Balaban J connectivity index is 1.34. The van der Waals surface area contributed by atoms with Gasteiger partial charge in [0, 0.05) is 48.1 Å². The molecule has 1 aromatic carbocycles. The molecule has 2 bridgehead atoms. The van der Waals surface area contributed by atoms with E-state index in [-0.39, 0.29) is 36.2 Å². The van der Waals surface area contributed by atoms with Gasteiger partial charge in [-0.05, 0) is 51.8 Å². The molecule has 2 aliphatic rings. The summed E-state index contributed by atoms with van der Waals surface area (Å²) in [5.74, 6) is 0.125. The Kier molecular flexibility index (Phi) is 6.35. The van der Waals surface area contributed by atoms with E-state index >= 15 is 0 Å². The quantitative estimate of drug-likeness (QED) is 0.408. The summed E-state index contributed by atoms with van der Waals surface area (Å²) in [6, 6.07) is 7.01. The molecule has 0 radical (unpaired) electrons. The third-order valence-electron chi connectivity index (χ3n) is 7.07. The number of carbonyl (C=O) groups is 2. The van der Waals surface area contributed by atoms with Gasteiger partial charge in [0.25, 0.3) is 0 Å². The Hall–Kier alpha value is -3.63. The molecule has 1 aliphatic heterocycles. The third-order valence-corrected chi connectivity index (χ3v) is 7.07. The first-order chi connectivity index (χ1) is 17.8. The molecule has 11 heteroatoms. The summed E-state index contributed by atoms with van der Waals surface area (Å²) >= 11 is 0. The number of alkyl halides is 3. The van der Waals surface area contributed by atoms with Gasteiger partial charge in [-0.15, -0.1) is 0 Å². The molecule has 1 saturated heterocycles. The molecular weight excluding hydrogens is 501 g/mol. The van der Waals surface area contributed by atoms with E-state index in [4.69, 9.17) is 14.6 Å². The Labute approximate surface area is 217 Å². The summed E-state index contributed by atoms with van der Waals surface area (Å²) in [6.45, 7) is 6.16.